The number of aromatic nitrogens is 2. The van der Waals surface area contributed by atoms with Gasteiger partial charge < -0.3 is 20.3 Å². The lowest BCUT2D eigenvalue weighted by molar-refractivity contribution is 0.0600. The smallest absolute Gasteiger partial charge is 0.254 e. The number of carbonyl (C=O) groups is 1. The minimum absolute atomic E-state index is 0.0382. The maximum absolute atomic E-state index is 13.2. The largest absolute Gasteiger partial charge is 0.495 e. The Balaban J connectivity index is 1.35. The van der Waals surface area contributed by atoms with Crippen molar-refractivity contribution in [2.45, 2.75) is 32.6 Å². The lowest BCUT2D eigenvalue weighted by atomic mass is 9.83. The number of hydrogen-bond donors (Lipinski definition) is 2. The van der Waals surface area contributed by atoms with E-state index < -0.39 is 0 Å². The lowest BCUT2D eigenvalue weighted by Gasteiger charge is -2.38. The highest BCUT2D eigenvalue weighted by molar-refractivity contribution is 6.32. The first-order valence-corrected chi connectivity index (χ1v) is 12.5. The number of anilines is 3. The normalized spacial score (nSPS) is 21.2. The second-order valence-electron chi connectivity index (χ2n) is 9.40. The fraction of sp³-hybridized carbons (Fsp3) is 0.560. The number of amides is 1. The van der Waals surface area contributed by atoms with Gasteiger partial charge in [-0.3, -0.25) is 9.69 Å². The molecule has 2 aliphatic rings. The van der Waals surface area contributed by atoms with E-state index in [0.29, 0.717) is 33.8 Å². The Bertz CT molecular complexity index is 987. The SMILES string of the molecule is CNc1nc(Nc2ccc(C(=O)N3CCN(CC4CCC(C)CC4)CC3)cc2OC)ncc1Cl. The van der Waals surface area contributed by atoms with Crippen LogP contribution in [-0.2, 0) is 0 Å². The third-order valence-electron chi connectivity index (χ3n) is 6.99. The molecule has 0 unspecified atom stereocenters. The van der Waals surface area contributed by atoms with E-state index in [0.717, 1.165) is 38.0 Å². The summed E-state index contributed by atoms with van der Waals surface area (Å²) in [4.78, 5) is 26.2. The molecule has 0 spiro atoms. The number of hydrogen-bond acceptors (Lipinski definition) is 7. The number of benzene rings is 1. The number of nitrogens with zero attached hydrogens (tertiary/aromatic N) is 4. The van der Waals surface area contributed by atoms with Gasteiger partial charge in [0.1, 0.15) is 16.6 Å². The van der Waals surface area contributed by atoms with Gasteiger partial charge in [-0.1, -0.05) is 31.4 Å². The Morgan fingerprint density at radius 2 is 1.91 bits per heavy atom. The second-order valence-corrected chi connectivity index (χ2v) is 9.81. The first-order valence-electron chi connectivity index (χ1n) is 12.1. The van der Waals surface area contributed by atoms with Crippen LogP contribution in [0.3, 0.4) is 0 Å². The van der Waals surface area contributed by atoms with Crippen LogP contribution < -0.4 is 15.4 Å². The van der Waals surface area contributed by atoms with E-state index >= 15 is 0 Å². The number of rotatable bonds is 7. The average molecular weight is 487 g/mol. The molecule has 2 N–H and O–H groups in total. The number of carbonyl (C=O) groups excluding carboxylic acids is 1. The minimum Gasteiger partial charge on any atom is -0.495 e. The molecule has 34 heavy (non-hydrogen) atoms. The zero-order chi connectivity index (χ0) is 24.1. The molecule has 184 valence electrons. The molecule has 1 aromatic heterocycles. The number of piperazine rings is 1. The minimum atomic E-state index is 0.0382. The zero-order valence-corrected chi connectivity index (χ0v) is 21.1. The predicted octanol–water partition coefficient (Wildman–Crippen LogP) is 4.51. The summed E-state index contributed by atoms with van der Waals surface area (Å²) in [6.07, 6.45) is 6.93. The molecule has 2 aromatic rings. The number of ether oxygens (including phenoxy) is 1. The van der Waals surface area contributed by atoms with E-state index in [4.69, 9.17) is 16.3 Å². The Kier molecular flexibility index (Phi) is 8.11. The Labute approximate surface area is 207 Å². The molecule has 0 bridgehead atoms. The van der Waals surface area contributed by atoms with Crippen molar-refractivity contribution in [2.75, 3.05) is 57.5 Å². The van der Waals surface area contributed by atoms with E-state index in [1.54, 1.807) is 20.2 Å². The highest BCUT2D eigenvalue weighted by atomic mass is 35.5. The lowest BCUT2D eigenvalue weighted by Crippen LogP contribution is -2.50. The van der Waals surface area contributed by atoms with Gasteiger partial charge in [-0.05, 0) is 42.9 Å². The maximum Gasteiger partial charge on any atom is 0.254 e. The molecule has 8 nitrogen and oxygen atoms in total. The van der Waals surface area contributed by atoms with Gasteiger partial charge in [-0.15, -0.1) is 0 Å². The van der Waals surface area contributed by atoms with Crippen molar-refractivity contribution in [2.24, 2.45) is 11.8 Å². The maximum atomic E-state index is 13.2. The van der Waals surface area contributed by atoms with Gasteiger partial charge in [0.2, 0.25) is 5.95 Å². The van der Waals surface area contributed by atoms with Crippen LogP contribution in [0.5, 0.6) is 5.75 Å². The second kappa shape index (κ2) is 11.2. The molecule has 0 radical (unpaired) electrons. The molecule has 2 heterocycles. The van der Waals surface area contributed by atoms with Gasteiger partial charge in [0.15, 0.2) is 0 Å². The van der Waals surface area contributed by atoms with Crippen molar-refractivity contribution in [3.63, 3.8) is 0 Å². The standard InChI is InChI=1S/C25H35ClN6O2/c1-17-4-6-18(7-5-17)16-31-10-12-32(13-11-31)24(33)19-8-9-21(22(14-19)34-3)29-25-28-15-20(26)23(27-2)30-25/h8-9,14-15,17-18H,4-7,10-13,16H2,1-3H3,(H2,27,28,29,30). The molecule has 2 fully saturated rings. The summed E-state index contributed by atoms with van der Waals surface area (Å²) < 4.78 is 5.55. The predicted molar refractivity (Wildman–Crippen MR) is 136 cm³/mol. The molecule has 1 aromatic carbocycles. The summed E-state index contributed by atoms with van der Waals surface area (Å²) in [6, 6.07) is 5.41. The zero-order valence-electron chi connectivity index (χ0n) is 20.3. The van der Waals surface area contributed by atoms with Crippen molar-refractivity contribution in [3.8, 4) is 5.75 Å². The molecule has 1 aliphatic carbocycles. The van der Waals surface area contributed by atoms with Gasteiger partial charge in [-0.2, -0.15) is 4.98 Å². The molecule has 9 heteroatoms. The fourth-order valence-electron chi connectivity index (χ4n) is 4.84. The summed E-state index contributed by atoms with van der Waals surface area (Å²) >= 11 is 6.07. The highest BCUT2D eigenvalue weighted by Crippen LogP contribution is 2.31. The van der Waals surface area contributed by atoms with Crippen molar-refractivity contribution < 1.29 is 9.53 Å². The van der Waals surface area contributed by atoms with Crippen molar-refractivity contribution in [3.05, 3.63) is 35.0 Å². The van der Waals surface area contributed by atoms with Crippen LogP contribution in [0.1, 0.15) is 43.0 Å². The van der Waals surface area contributed by atoms with E-state index in [1.165, 1.54) is 38.4 Å². The number of nitrogens with one attached hydrogen (secondary N) is 2. The summed E-state index contributed by atoms with van der Waals surface area (Å²) in [5, 5.41) is 6.51. The molecule has 1 aliphatic heterocycles. The van der Waals surface area contributed by atoms with Crippen LogP contribution in [0, 0.1) is 11.8 Å². The molecule has 1 saturated heterocycles. The van der Waals surface area contributed by atoms with Gasteiger partial charge >= 0.3 is 0 Å². The van der Waals surface area contributed by atoms with E-state index in [1.807, 2.05) is 17.0 Å². The summed E-state index contributed by atoms with van der Waals surface area (Å²) in [7, 11) is 3.33. The number of halogens is 1. The summed E-state index contributed by atoms with van der Waals surface area (Å²) in [6.45, 7) is 6.94. The third kappa shape index (κ3) is 5.91. The third-order valence-corrected chi connectivity index (χ3v) is 7.26. The van der Waals surface area contributed by atoms with Crippen LogP contribution in [0.25, 0.3) is 0 Å². The molecule has 1 amide bonds. The van der Waals surface area contributed by atoms with Crippen LogP contribution >= 0.6 is 11.6 Å². The summed E-state index contributed by atoms with van der Waals surface area (Å²) in [5.41, 5.74) is 1.29. The monoisotopic (exact) mass is 486 g/mol. The number of methoxy groups -OCH3 is 1. The molecule has 0 atom stereocenters. The van der Waals surface area contributed by atoms with Gasteiger partial charge in [0.25, 0.3) is 5.91 Å². The van der Waals surface area contributed by atoms with Crippen LogP contribution in [0.15, 0.2) is 24.4 Å². The molecule has 4 rings (SSSR count). The van der Waals surface area contributed by atoms with Crippen molar-refractivity contribution in [1.82, 2.24) is 19.8 Å². The molecular weight excluding hydrogens is 452 g/mol. The fourth-order valence-corrected chi connectivity index (χ4v) is 5.03. The first-order chi connectivity index (χ1) is 16.5. The highest BCUT2D eigenvalue weighted by Gasteiger charge is 2.26. The Morgan fingerprint density at radius 1 is 1.18 bits per heavy atom. The average Bonchev–Trinajstić information content (AvgIpc) is 2.87. The van der Waals surface area contributed by atoms with Gasteiger partial charge in [-0.25, -0.2) is 4.98 Å². The first kappa shape index (κ1) is 24.5. The quantitative estimate of drug-likeness (QED) is 0.595. The summed E-state index contributed by atoms with van der Waals surface area (Å²) in [5.74, 6) is 3.21. The van der Waals surface area contributed by atoms with Crippen molar-refractivity contribution >= 4 is 35.0 Å². The Hall–Kier alpha value is -2.58. The molecule has 1 saturated carbocycles. The van der Waals surface area contributed by atoms with Crippen LogP contribution in [-0.4, -0.2) is 72.6 Å². The van der Waals surface area contributed by atoms with Gasteiger partial charge in [0, 0.05) is 45.3 Å². The molecular formula is C25H35ClN6O2. The topological polar surface area (TPSA) is 82.6 Å². The van der Waals surface area contributed by atoms with Crippen molar-refractivity contribution in [1.29, 1.82) is 0 Å². The van der Waals surface area contributed by atoms with E-state index in [2.05, 4.69) is 32.4 Å². The van der Waals surface area contributed by atoms with E-state index in [-0.39, 0.29) is 5.91 Å². The Morgan fingerprint density at radius 3 is 2.59 bits per heavy atom. The van der Waals surface area contributed by atoms with Gasteiger partial charge in [0.05, 0.1) is 19.0 Å². The van der Waals surface area contributed by atoms with Crippen LogP contribution in [0.4, 0.5) is 17.5 Å². The van der Waals surface area contributed by atoms with E-state index in [9.17, 15) is 4.79 Å². The van der Waals surface area contributed by atoms with Crippen LogP contribution in [0.2, 0.25) is 5.02 Å².